The second kappa shape index (κ2) is 3.96. The van der Waals surface area contributed by atoms with Crippen LogP contribution >= 0.6 is 0 Å². The van der Waals surface area contributed by atoms with Gasteiger partial charge in [0.25, 0.3) is 0 Å². The molecule has 0 amide bonds. The molecule has 2 aromatic rings. The molecule has 4 nitrogen and oxygen atoms in total. The third-order valence-electron chi connectivity index (χ3n) is 2.45. The topological polar surface area (TPSA) is 84.9 Å². The Kier molecular flexibility index (Phi) is 2.48. The number of aromatic carboxylic acids is 1. The first-order valence-electron chi connectivity index (χ1n) is 4.77. The molecular weight excluding hydrogens is 216 g/mol. The molecule has 0 unspecified atom stereocenters. The van der Waals surface area contributed by atoms with E-state index in [0.717, 1.165) is 0 Å². The molecule has 0 aliphatic rings. The van der Waals surface area contributed by atoms with E-state index in [9.17, 15) is 4.79 Å². The van der Waals surface area contributed by atoms with Crippen LogP contribution < -0.4 is 0 Å². The number of carbonyl (C=O) groups is 1. The molecule has 0 saturated heterocycles. The van der Waals surface area contributed by atoms with Gasteiger partial charge in [-0.1, -0.05) is 6.07 Å². The van der Waals surface area contributed by atoms with Crippen molar-refractivity contribution in [1.82, 2.24) is 0 Å². The summed E-state index contributed by atoms with van der Waals surface area (Å²) >= 11 is 0. The number of carboxylic acid groups (broad SMARTS) is 1. The van der Waals surface area contributed by atoms with Crippen LogP contribution in [0.2, 0.25) is 0 Å². The van der Waals surface area contributed by atoms with Crippen molar-refractivity contribution in [2.24, 2.45) is 0 Å². The van der Waals surface area contributed by atoms with Crippen LogP contribution in [0, 0.1) is 22.7 Å². The zero-order chi connectivity index (χ0) is 12.4. The predicted molar refractivity (Wildman–Crippen MR) is 60.3 cm³/mol. The van der Waals surface area contributed by atoms with Crippen LogP contribution in [-0.4, -0.2) is 11.1 Å². The van der Waals surface area contributed by atoms with E-state index in [1.54, 1.807) is 18.2 Å². The van der Waals surface area contributed by atoms with E-state index in [-0.39, 0.29) is 5.56 Å². The number of nitriles is 2. The lowest BCUT2D eigenvalue weighted by molar-refractivity contribution is 0.0697. The van der Waals surface area contributed by atoms with Crippen molar-refractivity contribution in [3.05, 3.63) is 47.0 Å². The quantitative estimate of drug-likeness (QED) is 0.802. The lowest BCUT2D eigenvalue weighted by Crippen LogP contribution is -1.97. The standard InChI is InChI=1S/C13H6N2O2/c14-6-8-1-2-12-9(3-8)4-10(13(16)17)5-11(12)7-15/h1-5H,(H,16,17). The van der Waals surface area contributed by atoms with Crippen molar-refractivity contribution in [3.8, 4) is 12.1 Å². The van der Waals surface area contributed by atoms with Crippen molar-refractivity contribution in [1.29, 1.82) is 10.5 Å². The van der Waals surface area contributed by atoms with E-state index in [1.807, 2.05) is 12.1 Å². The third kappa shape index (κ3) is 1.80. The third-order valence-corrected chi connectivity index (χ3v) is 2.45. The molecule has 2 rings (SSSR count). The first-order chi connectivity index (χ1) is 8.15. The Labute approximate surface area is 96.9 Å². The molecule has 17 heavy (non-hydrogen) atoms. The summed E-state index contributed by atoms with van der Waals surface area (Å²) in [4.78, 5) is 10.9. The summed E-state index contributed by atoms with van der Waals surface area (Å²) in [6.07, 6.45) is 0. The number of benzene rings is 2. The van der Waals surface area contributed by atoms with Crippen molar-refractivity contribution in [2.45, 2.75) is 0 Å². The van der Waals surface area contributed by atoms with E-state index in [4.69, 9.17) is 15.6 Å². The van der Waals surface area contributed by atoms with E-state index in [1.165, 1.54) is 12.1 Å². The largest absolute Gasteiger partial charge is 0.478 e. The van der Waals surface area contributed by atoms with Crippen LogP contribution in [0.25, 0.3) is 10.8 Å². The molecule has 80 valence electrons. The van der Waals surface area contributed by atoms with E-state index in [0.29, 0.717) is 21.9 Å². The van der Waals surface area contributed by atoms with Gasteiger partial charge in [0.15, 0.2) is 0 Å². The predicted octanol–water partition coefficient (Wildman–Crippen LogP) is 2.28. The molecule has 0 bridgehead atoms. The van der Waals surface area contributed by atoms with Crippen molar-refractivity contribution < 1.29 is 9.90 Å². The molecule has 4 heteroatoms. The fourth-order valence-corrected chi connectivity index (χ4v) is 1.66. The maximum absolute atomic E-state index is 10.9. The first-order valence-corrected chi connectivity index (χ1v) is 4.77. The molecule has 0 fully saturated rings. The molecule has 0 radical (unpaired) electrons. The minimum absolute atomic E-state index is 0.0455. The van der Waals surface area contributed by atoms with Crippen LogP contribution in [-0.2, 0) is 0 Å². The molecule has 1 N–H and O–H groups in total. The molecule has 0 spiro atoms. The Balaban J connectivity index is 2.85. The minimum atomic E-state index is -1.09. The zero-order valence-corrected chi connectivity index (χ0v) is 8.64. The summed E-state index contributed by atoms with van der Waals surface area (Å²) in [5, 5.41) is 27.9. The van der Waals surface area contributed by atoms with E-state index in [2.05, 4.69) is 0 Å². The average molecular weight is 222 g/mol. The number of fused-ring (bicyclic) bond motifs is 1. The van der Waals surface area contributed by atoms with Crippen LogP contribution in [0.4, 0.5) is 0 Å². The molecule has 0 saturated carbocycles. The molecule has 2 aromatic carbocycles. The number of rotatable bonds is 1. The molecular formula is C13H6N2O2. The van der Waals surface area contributed by atoms with Crippen LogP contribution in [0.5, 0.6) is 0 Å². The van der Waals surface area contributed by atoms with Crippen LogP contribution in [0.15, 0.2) is 30.3 Å². The van der Waals surface area contributed by atoms with Gasteiger partial charge in [0.2, 0.25) is 0 Å². The van der Waals surface area contributed by atoms with Gasteiger partial charge in [-0.15, -0.1) is 0 Å². The Bertz CT molecular complexity index is 706. The maximum atomic E-state index is 10.9. The first kappa shape index (κ1) is 10.7. The van der Waals surface area contributed by atoms with Gasteiger partial charge < -0.3 is 5.11 Å². The zero-order valence-electron chi connectivity index (χ0n) is 8.64. The highest BCUT2D eigenvalue weighted by molar-refractivity contribution is 5.97. The number of hydrogen-bond acceptors (Lipinski definition) is 3. The van der Waals surface area contributed by atoms with Gasteiger partial charge in [0.05, 0.1) is 28.8 Å². The second-order valence-electron chi connectivity index (χ2n) is 3.49. The van der Waals surface area contributed by atoms with Crippen LogP contribution in [0.1, 0.15) is 21.5 Å². The number of hydrogen-bond donors (Lipinski definition) is 1. The Morgan fingerprint density at radius 2 is 1.88 bits per heavy atom. The highest BCUT2D eigenvalue weighted by Gasteiger charge is 2.09. The van der Waals surface area contributed by atoms with Crippen molar-refractivity contribution in [3.63, 3.8) is 0 Å². The average Bonchev–Trinajstić information content (AvgIpc) is 2.36. The normalized spacial score (nSPS) is 9.53. The van der Waals surface area contributed by atoms with E-state index >= 15 is 0 Å². The summed E-state index contributed by atoms with van der Waals surface area (Å²) in [6.45, 7) is 0. The fraction of sp³-hybridized carbons (Fsp3) is 0. The molecule has 0 atom stereocenters. The van der Waals surface area contributed by atoms with E-state index < -0.39 is 5.97 Å². The lowest BCUT2D eigenvalue weighted by Gasteiger charge is -2.03. The molecule has 0 aliphatic heterocycles. The monoisotopic (exact) mass is 222 g/mol. The highest BCUT2D eigenvalue weighted by atomic mass is 16.4. The molecule has 0 aliphatic carbocycles. The Morgan fingerprint density at radius 1 is 1.12 bits per heavy atom. The Hall–Kier alpha value is -2.85. The summed E-state index contributed by atoms with van der Waals surface area (Å²) in [6, 6.07) is 11.5. The van der Waals surface area contributed by atoms with Gasteiger partial charge in [-0.2, -0.15) is 10.5 Å². The van der Waals surface area contributed by atoms with Gasteiger partial charge in [-0.3, -0.25) is 0 Å². The van der Waals surface area contributed by atoms with Crippen molar-refractivity contribution in [2.75, 3.05) is 0 Å². The van der Waals surface area contributed by atoms with Gasteiger partial charge in [0, 0.05) is 0 Å². The smallest absolute Gasteiger partial charge is 0.335 e. The highest BCUT2D eigenvalue weighted by Crippen LogP contribution is 2.22. The second-order valence-corrected chi connectivity index (χ2v) is 3.49. The van der Waals surface area contributed by atoms with Gasteiger partial charge in [0.1, 0.15) is 0 Å². The summed E-state index contributed by atoms with van der Waals surface area (Å²) in [5.41, 5.74) is 0.775. The SMILES string of the molecule is N#Cc1ccc2c(C#N)cc(C(=O)O)cc2c1. The molecule has 0 aromatic heterocycles. The summed E-state index contributed by atoms with van der Waals surface area (Å²) < 4.78 is 0. The van der Waals surface area contributed by atoms with Crippen LogP contribution in [0.3, 0.4) is 0 Å². The lowest BCUT2D eigenvalue weighted by atomic mass is 10.00. The number of carboxylic acids is 1. The minimum Gasteiger partial charge on any atom is -0.478 e. The summed E-state index contributed by atoms with van der Waals surface area (Å²) in [7, 11) is 0. The van der Waals surface area contributed by atoms with Gasteiger partial charge in [-0.05, 0) is 35.0 Å². The summed E-state index contributed by atoms with van der Waals surface area (Å²) in [5.74, 6) is -1.09. The fourth-order valence-electron chi connectivity index (χ4n) is 1.66. The number of nitrogens with zero attached hydrogens (tertiary/aromatic N) is 2. The van der Waals surface area contributed by atoms with Gasteiger partial charge in [-0.25, -0.2) is 4.79 Å². The molecule has 0 heterocycles. The maximum Gasteiger partial charge on any atom is 0.335 e. The Morgan fingerprint density at radius 3 is 2.47 bits per heavy atom. The van der Waals surface area contributed by atoms with Gasteiger partial charge >= 0.3 is 5.97 Å². The van der Waals surface area contributed by atoms with Crippen molar-refractivity contribution >= 4 is 16.7 Å².